The van der Waals surface area contributed by atoms with Crippen molar-refractivity contribution < 1.29 is 30.4 Å². The first kappa shape index (κ1) is 14.1. The third kappa shape index (κ3) is 3.25. The van der Waals surface area contributed by atoms with Gasteiger partial charge in [0.05, 0.1) is 0 Å². The zero-order chi connectivity index (χ0) is 13.4. The largest absolute Gasteiger partial charge is 0.433 e. The molecule has 0 radical (unpaired) electrons. The molecule has 0 amide bonds. The molecule has 0 atom stereocenters. The first-order valence-corrected chi connectivity index (χ1v) is 6.15. The molecule has 0 unspecified atom stereocenters. The highest BCUT2D eigenvalue weighted by atomic mass is 35.7. The van der Waals surface area contributed by atoms with Crippen LogP contribution >= 0.6 is 10.7 Å². The lowest BCUT2D eigenvalue weighted by molar-refractivity contribution is -0.143. The standard InChI is InChI=1S/C7H3ClF5NO2S/c8-17(15,16)4-2-1-3(6(9)10)5(14-4)7(11,12)13/h1-2,6H. The van der Waals surface area contributed by atoms with Gasteiger partial charge in [-0.3, -0.25) is 0 Å². The van der Waals surface area contributed by atoms with E-state index in [0.717, 1.165) is 0 Å². The van der Waals surface area contributed by atoms with Crippen LogP contribution in [0, 0.1) is 0 Å². The first-order valence-electron chi connectivity index (χ1n) is 3.84. The van der Waals surface area contributed by atoms with Gasteiger partial charge < -0.3 is 0 Å². The topological polar surface area (TPSA) is 47.0 Å². The third-order valence-corrected chi connectivity index (χ3v) is 2.86. The molecule has 10 heteroatoms. The van der Waals surface area contributed by atoms with Gasteiger partial charge in [0.25, 0.3) is 15.5 Å². The molecule has 0 spiro atoms. The van der Waals surface area contributed by atoms with Crippen LogP contribution < -0.4 is 0 Å². The Bertz CT molecular complexity index is 528. The second-order valence-electron chi connectivity index (χ2n) is 2.82. The summed E-state index contributed by atoms with van der Waals surface area (Å²) in [4.78, 5) is 2.61. The predicted molar refractivity (Wildman–Crippen MR) is 47.2 cm³/mol. The summed E-state index contributed by atoms with van der Waals surface area (Å²) in [6.07, 6.45) is -8.62. The summed E-state index contributed by atoms with van der Waals surface area (Å²) >= 11 is 0. The third-order valence-electron chi connectivity index (χ3n) is 1.65. The number of nitrogens with zero attached hydrogens (tertiary/aromatic N) is 1. The van der Waals surface area contributed by atoms with Crippen molar-refractivity contribution >= 4 is 19.7 Å². The number of halogens is 6. The maximum atomic E-state index is 12.3. The lowest BCUT2D eigenvalue weighted by atomic mass is 10.2. The minimum Gasteiger partial charge on any atom is -0.230 e. The second-order valence-corrected chi connectivity index (χ2v) is 5.34. The zero-order valence-electron chi connectivity index (χ0n) is 7.67. The number of aromatic nitrogens is 1. The van der Waals surface area contributed by atoms with E-state index < -0.39 is 37.9 Å². The van der Waals surface area contributed by atoms with Gasteiger partial charge in [-0.25, -0.2) is 22.2 Å². The number of hydrogen-bond acceptors (Lipinski definition) is 3. The molecule has 96 valence electrons. The van der Waals surface area contributed by atoms with E-state index in [-0.39, 0.29) is 0 Å². The van der Waals surface area contributed by atoms with Crippen LogP contribution in [0.5, 0.6) is 0 Å². The number of alkyl halides is 5. The molecule has 0 aliphatic heterocycles. The summed E-state index contributed by atoms with van der Waals surface area (Å²) in [5, 5.41) is -1.13. The van der Waals surface area contributed by atoms with E-state index >= 15 is 0 Å². The predicted octanol–water partition coefficient (Wildman–Crippen LogP) is 2.97. The summed E-state index contributed by atoms with van der Waals surface area (Å²) < 4.78 is 83.0. The smallest absolute Gasteiger partial charge is 0.230 e. The fourth-order valence-electron chi connectivity index (χ4n) is 0.991. The molecule has 1 rings (SSSR count). The molecule has 0 saturated carbocycles. The monoisotopic (exact) mass is 295 g/mol. The Morgan fingerprint density at radius 1 is 1.24 bits per heavy atom. The van der Waals surface area contributed by atoms with Gasteiger partial charge in [-0.1, -0.05) is 0 Å². The Labute approximate surface area is 96.6 Å². The summed E-state index contributed by atoms with van der Waals surface area (Å²) in [5.74, 6) is 0. The average molecular weight is 296 g/mol. The van der Waals surface area contributed by atoms with Gasteiger partial charge in [-0.2, -0.15) is 13.2 Å². The van der Waals surface area contributed by atoms with Crippen molar-refractivity contribution in [3.63, 3.8) is 0 Å². The maximum absolute atomic E-state index is 12.3. The van der Waals surface area contributed by atoms with Crippen LogP contribution in [0.15, 0.2) is 17.2 Å². The van der Waals surface area contributed by atoms with E-state index in [4.69, 9.17) is 10.7 Å². The molecular formula is C7H3ClF5NO2S. The molecule has 0 fully saturated rings. The van der Waals surface area contributed by atoms with E-state index in [0.29, 0.717) is 12.1 Å². The van der Waals surface area contributed by atoms with Crippen molar-refractivity contribution in [3.8, 4) is 0 Å². The first-order chi connectivity index (χ1) is 7.53. The van der Waals surface area contributed by atoms with Crippen LogP contribution in [-0.4, -0.2) is 13.4 Å². The summed E-state index contributed by atoms with van der Waals surface area (Å²) in [6, 6.07) is 0.814. The van der Waals surface area contributed by atoms with E-state index in [2.05, 4.69) is 4.98 Å². The SMILES string of the molecule is O=S(=O)(Cl)c1ccc(C(F)F)c(C(F)(F)F)n1. The Morgan fingerprint density at radius 3 is 2.12 bits per heavy atom. The highest BCUT2D eigenvalue weighted by Crippen LogP contribution is 2.35. The van der Waals surface area contributed by atoms with Crippen molar-refractivity contribution in [2.24, 2.45) is 0 Å². The van der Waals surface area contributed by atoms with Crippen LogP contribution in [0.3, 0.4) is 0 Å². The lowest BCUT2D eigenvalue weighted by Gasteiger charge is -2.11. The van der Waals surface area contributed by atoms with Gasteiger partial charge in [0.15, 0.2) is 10.7 Å². The summed E-state index contributed by atoms with van der Waals surface area (Å²) in [6.45, 7) is 0. The molecule has 0 bridgehead atoms. The highest BCUT2D eigenvalue weighted by Gasteiger charge is 2.38. The fourth-order valence-corrected chi connectivity index (χ4v) is 1.68. The minimum absolute atomic E-state index is 0.329. The average Bonchev–Trinajstić information content (AvgIpc) is 2.14. The molecule has 0 N–H and O–H groups in total. The number of rotatable bonds is 2. The van der Waals surface area contributed by atoms with Crippen molar-refractivity contribution in [1.29, 1.82) is 0 Å². The molecule has 1 aromatic heterocycles. The summed E-state index contributed by atoms with van der Waals surface area (Å²) in [7, 11) is 0.256. The van der Waals surface area contributed by atoms with Gasteiger partial charge in [0.2, 0.25) is 0 Å². The van der Waals surface area contributed by atoms with Crippen molar-refractivity contribution in [2.75, 3.05) is 0 Å². The molecule has 0 aliphatic rings. The van der Waals surface area contributed by atoms with E-state index in [1.54, 1.807) is 0 Å². The van der Waals surface area contributed by atoms with Gasteiger partial charge >= 0.3 is 6.18 Å². The molecular weight excluding hydrogens is 293 g/mol. The molecule has 1 aromatic rings. The van der Waals surface area contributed by atoms with Crippen LogP contribution in [0.1, 0.15) is 17.7 Å². The van der Waals surface area contributed by atoms with Crippen LogP contribution in [0.25, 0.3) is 0 Å². The maximum Gasteiger partial charge on any atom is 0.433 e. The molecule has 17 heavy (non-hydrogen) atoms. The lowest BCUT2D eigenvalue weighted by Crippen LogP contribution is -2.14. The van der Waals surface area contributed by atoms with Crippen LogP contribution in [0.4, 0.5) is 22.0 Å². The Kier molecular flexibility index (Phi) is 3.63. The van der Waals surface area contributed by atoms with Crippen LogP contribution in [-0.2, 0) is 15.2 Å². The van der Waals surface area contributed by atoms with Crippen LogP contribution in [0.2, 0.25) is 0 Å². The van der Waals surface area contributed by atoms with Gasteiger partial charge in [-0.15, -0.1) is 0 Å². The Hall–Kier alpha value is -0.960. The van der Waals surface area contributed by atoms with Gasteiger partial charge in [0, 0.05) is 16.2 Å². The molecule has 0 aliphatic carbocycles. The zero-order valence-corrected chi connectivity index (χ0v) is 9.24. The molecule has 1 heterocycles. The minimum atomic E-state index is -5.19. The van der Waals surface area contributed by atoms with E-state index in [1.807, 2.05) is 0 Å². The number of hydrogen-bond donors (Lipinski definition) is 0. The second kappa shape index (κ2) is 4.37. The highest BCUT2D eigenvalue weighted by molar-refractivity contribution is 8.13. The molecule has 0 saturated heterocycles. The normalized spacial score (nSPS) is 13.1. The van der Waals surface area contributed by atoms with Crippen molar-refractivity contribution in [2.45, 2.75) is 17.6 Å². The van der Waals surface area contributed by atoms with Crippen molar-refractivity contribution in [1.82, 2.24) is 4.98 Å². The molecule has 0 aromatic carbocycles. The van der Waals surface area contributed by atoms with E-state index in [1.165, 1.54) is 0 Å². The van der Waals surface area contributed by atoms with E-state index in [9.17, 15) is 30.4 Å². The van der Waals surface area contributed by atoms with Gasteiger partial charge in [-0.05, 0) is 12.1 Å². The summed E-state index contributed by atoms with van der Waals surface area (Å²) in [5.41, 5.74) is -3.37. The number of pyridine rings is 1. The Morgan fingerprint density at radius 2 is 1.76 bits per heavy atom. The van der Waals surface area contributed by atoms with Crippen molar-refractivity contribution in [3.05, 3.63) is 23.4 Å². The molecule has 3 nitrogen and oxygen atoms in total. The quantitative estimate of drug-likeness (QED) is 0.622. The fraction of sp³-hybridized carbons (Fsp3) is 0.286. The Balaban J connectivity index is 3.51. The van der Waals surface area contributed by atoms with Gasteiger partial charge in [0.1, 0.15) is 0 Å².